The van der Waals surface area contributed by atoms with Crippen molar-refractivity contribution < 1.29 is 0 Å². The lowest BCUT2D eigenvalue weighted by Crippen LogP contribution is -2.36. The molecule has 5 heteroatoms. The Kier molecular flexibility index (Phi) is 4.03. The molecule has 0 bridgehead atoms. The van der Waals surface area contributed by atoms with E-state index < -0.39 is 0 Å². The molecule has 126 valence electrons. The molecular weight excluding hydrogens is 298 g/mol. The first-order chi connectivity index (χ1) is 11.3. The predicted molar refractivity (Wildman–Crippen MR) is 98.0 cm³/mol. The van der Waals surface area contributed by atoms with Crippen LogP contribution in [0.4, 0.5) is 5.82 Å². The zero-order valence-corrected chi connectivity index (χ0v) is 15.0. The van der Waals surface area contributed by atoms with Crippen LogP contribution in [0.25, 0.3) is 16.9 Å². The maximum atomic E-state index is 4.76. The molecular formula is C19H25N5. The van der Waals surface area contributed by atoms with E-state index in [9.17, 15) is 0 Å². The Hall–Kier alpha value is -2.43. The minimum absolute atomic E-state index is 0.0750. The Balaban J connectivity index is 2.09. The van der Waals surface area contributed by atoms with Crippen LogP contribution in [0.15, 0.2) is 43.1 Å². The van der Waals surface area contributed by atoms with Crippen LogP contribution in [0.5, 0.6) is 0 Å². The fourth-order valence-electron chi connectivity index (χ4n) is 3.42. The van der Waals surface area contributed by atoms with Crippen LogP contribution in [0.2, 0.25) is 0 Å². The van der Waals surface area contributed by atoms with Gasteiger partial charge < -0.3 is 5.32 Å². The van der Waals surface area contributed by atoms with Crippen molar-refractivity contribution in [3.63, 3.8) is 0 Å². The van der Waals surface area contributed by atoms with E-state index in [4.69, 9.17) is 4.98 Å². The van der Waals surface area contributed by atoms with Crippen molar-refractivity contribution in [3.05, 3.63) is 43.1 Å². The van der Waals surface area contributed by atoms with Crippen LogP contribution < -0.4 is 5.32 Å². The lowest BCUT2D eigenvalue weighted by molar-refractivity contribution is 0.302. The van der Waals surface area contributed by atoms with Gasteiger partial charge in [0.2, 0.25) is 0 Å². The number of hydrogen-bond donors (Lipinski definition) is 1. The molecule has 0 radical (unpaired) electrons. The summed E-state index contributed by atoms with van der Waals surface area (Å²) in [5.74, 6) is 0.981. The van der Waals surface area contributed by atoms with Crippen molar-refractivity contribution in [2.45, 2.75) is 46.6 Å². The first-order valence-corrected chi connectivity index (χ1v) is 8.26. The Morgan fingerprint density at radius 1 is 1.04 bits per heavy atom. The van der Waals surface area contributed by atoms with Gasteiger partial charge in [-0.25, -0.2) is 4.98 Å². The molecule has 1 N–H and O–H groups in total. The standard InChI is InChI=1S/C19H25N5/c1-18(2,3)13-19(4,5)23-17-16(14-7-6-8-20-11-14)22-15-12-21-9-10-24(15)17/h6-12,23H,13H2,1-5H3. The van der Waals surface area contributed by atoms with E-state index in [1.54, 1.807) is 18.6 Å². The second kappa shape index (κ2) is 5.89. The highest BCUT2D eigenvalue weighted by atomic mass is 15.2. The van der Waals surface area contributed by atoms with Gasteiger partial charge in [-0.15, -0.1) is 0 Å². The predicted octanol–water partition coefficient (Wildman–Crippen LogP) is 4.42. The molecule has 24 heavy (non-hydrogen) atoms. The van der Waals surface area contributed by atoms with Gasteiger partial charge in [0.05, 0.1) is 6.20 Å². The topological polar surface area (TPSA) is 55.1 Å². The molecule has 0 saturated heterocycles. The normalized spacial score (nSPS) is 12.5. The number of fused-ring (bicyclic) bond motifs is 1. The zero-order valence-electron chi connectivity index (χ0n) is 15.0. The average molecular weight is 323 g/mol. The van der Waals surface area contributed by atoms with Crippen molar-refractivity contribution in [1.82, 2.24) is 19.4 Å². The maximum Gasteiger partial charge on any atom is 0.157 e. The maximum absolute atomic E-state index is 4.76. The molecule has 5 nitrogen and oxygen atoms in total. The SMILES string of the molecule is CC(C)(C)CC(C)(C)Nc1c(-c2cccnc2)nc2cnccn12. The van der Waals surface area contributed by atoms with E-state index in [0.29, 0.717) is 0 Å². The number of nitrogens with zero attached hydrogens (tertiary/aromatic N) is 4. The molecule has 3 aromatic heterocycles. The Morgan fingerprint density at radius 2 is 1.79 bits per heavy atom. The van der Waals surface area contributed by atoms with Gasteiger partial charge in [0.1, 0.15) is 11.5 Å². The van der Waals surface area contributed by atoms with E-state index in [1.807, 2.05) is 24.5 Å². The lowest BCUT2D eigenvalue weighted by atomic mass is 9.82. The Bertz CT molecular complexity index is 828. The molecule has 0 spiro atoms. The number of hydrogen-bond acceptors (Lipinski definition) is 4. The third kappa shape index (κ3) is 3.55. The quantitative estimate of drug-likeness (QED) is 0.772. The molecule has 3 heterocycles. The van der Waals surface area contributed by atoms with Crippen LogP contribution in [-0.4, -0.2) is 24.9 Å². The van der Waals surface area contributed by atoms with Crippen molar-refractivity contribution in [1.29, 1.82) is 0 Å². The van der Waals surface area contributed by atoms with E-state index in [2.05, 4.69) is 54.3 Å². The van der Waals surface area contributed by atoms with E-state index in [-0.39, 0.29) is 11.0 Å². The summed E-state index contributed by atoms with van der Waals surface area (Å²) < 4.78 is 2.06. The number of pyridine rings is 1. The van der Waals surface area contributed by atoms with Crippen molar-refractivity contribution in [2.24, 2.45) is 5.41 Å². The molecule has 0 fully saturated rings. The molecule has 0 aliphatic heterocycles. The minimum Gasteiger partial charge on any atom is -0.364 e. The molecule has 0 aromatic carbocycles. The van der Waals surface area contributed by atoms with E-state index >= 15 is 0 Å². The number of nitrogens with one attached hydrogen (secondary N) is 1. The van der Waals surface area contributed by atoms with Crippen LogP contribution in [0.1, 0.15) is 41.0 Å². The molecule has 3 rings (SSSR count). The molecule has 0 amide bonds. The first kappa shape index (κ1) is 16.4. The first-order valence-electron chi connectivity index (χ1n) is 8.26. The summed E-state index contributed by atoms with van der Waals surface area (Å²) in [6, 6.07) is 3.96. The Morgan fingerprint density at radius 3 is 2.46 bits per heavy atom. The van der Waals surface area contributed by atoms with Gasteiger partial charge in [-0.05, 0) is 37.8 Å². The molecule has 0 aliphatic rings. The monoisotopic (exact) mass is 323 g/mol. The highest BCUT2D eigenvalue weighted by Gasteiger charge is 2.28. The molecule has 0 unspecified atom stereocenters. The Labute approximate surface area is 143 Å². The van der Waals surface area contributed by atoms with E-state index in [1.165, 1.54) is 0 Å². The number of rotatable bonds is 4. The molecule has 0 atom stereocenters. The fourth-order valence-corrected chi connectivity index (χ4v) is 3.42. The third-order valence-electron chi connectivity index (χ3n) is 3.79. The molecule has 0 saturated carbocycles. The second-order valence-electron chi connectivity index (χ2n) is 8.10. The van der Waals surface area contributed by atoms with Crippen LogP contribution in [-0.2, 0) is 0 Å². The van der Waals surface area contributed by atoms with Gasteiger partial charge in [0, 0.05) is 35.9 Å². The second-order valence-corrected chi connectivity index (χ2v) is 8.10. The van der Waals surface area contributed by atoms with Crippen LogP contribution >= 0.6 is 0 Å². The smallest absolute Gasteiger partial charge is 0.157 e. The van der Waals surface area contributed by atoms with Crippen LogP contribution in [0, 0.1) is 5.41 Å². The summed E-state index contributed by atoms with van der Waals surface area (Å²) in [5, 5.41) is 3.71. The summed E-state index contributed by atoms with van der Waals surface area (Å²) in [7, 11) is 0. The highest BCUT2D eigenvalue weighted by Crippen LogP contribution is 2.34. The highest BCUT2D eigenvalue weighted by molar-refractivity contribution is 5.76. The van der Waals surface area contributed by atoms with Crippen molar-refractivity contribution in [3.8, 4) is 11.3 Å². The largest absolute Gasteiger partial charge is 0.364 e. The summed E-state index contributed by atoms with van der Waals surface area (Å²) >= 11 is 0. The van der Waals surface area contributed by atoms with Crippen molar-refractivity contribution >= 4 is 11.5 Å². The summed E-state index contributed by atoms with van der Waals surface area (Å²) in [6.07, 6.45) is 10.2. The van der Waals surface area contributed by atoms with Gasteiger partial charge in [0.25, 0.3) is 0 Å². The molecule has 3 aromatic rings. The van der Waals surface area contributed by atoms with E-state index in [0.717, 1.165) is 29.1 Å². The third-order valence-corrected chi connectivity index (χ3v) is 3.79. The van der Waals surface area contributed by atoms with Gasteiger partial charge in [-0.2, -0.15) is 0 Å². The number of imidazole rings is 1. The van der Waals surface area contributed by atoms with Gasteiger partial charge in [-0.1, -0.05) is 20.8 Å². The van der Waals surface area contributed by atoms with Crippen LogP contribution in [0.3, 0.4) is 0 Å². The molecule has 0 aliphatic carbocycles. The fraction of sp³-hybridized carbons (Fsp3) is 0.421. The van der Waals surface area contributed by atoms with Gasteiger partial charge in [0.15, 0.2) is 5.65 Å². The zero-order chi connectivity index (χ0) is 17.4. The number of aromatic nitrogens is 4. The van der Waals surface area contributed by atoms with Gasteiger partial charge in [-0.3, -0.25) is 14.4 Å². The summed E-state index contributed by atoms with van der Waals surface area (Å²) in [4.78, 5) is 13.2. The summed E-state index contributed by atoms with van der Waals surface area (Å²) in [6.45, 7) is 11.2. The summed E-state index contributed by atoms with van der Waals surface area (Å²) in [5.41, 5.74) is 2.88. The lowest BCUT2D eigenvalue weighted by Gasteiger charge is -2.34. The van der Waals surface area contributed by atoms with Crippen molar-refractivity contribution in [2.75, 3.05) is 5.32 Å². The minimum atomic E-state index is -0.0750. The number of anilines is 1. The average Bonchev–Trinajstić information content (AvgIpc) is 2.84. The van der Waals surface area contributed by atoms with Gasteiger partial charge >= 0.3 is 0 Å².